The van der Waals surface area contributed by atoms with Gasteiger partial charge in [0.15, 0.2) is 0 Å². The summed E-state index contributed by atoms with van der Waals surface area (Å²) in [4.78, 5) is 11.0. The van der Waals surface area contributed by atoms with Crippen LogP contribution in [0.25, 0.3) is 10.2 Å². The van der Waals surface area contributed by atoms with Crippen molar-refractivity contribution in [3.8, 4) is 0 Å². The summed E-state index contributed by atoms with van der Waals surface area (Å²) in [5.74, 6) is 1.75. The molecule has 6 heteroatoms. The van der Waals surface area contributed by atoms with Crippen molar-refractivity contribution in [2.24, 2.45) is 5.92 Å². The molecule has 0 saturated carbocycles. The zero-order chi connectivity index (χ0) is 13.9. The molecular formula is C14H20N4OS. The molecule has 3 N–H and O–H groups in total. The lowest BCUT2D eigenvalue weighted by molar-refractivity contribution is 0.0595. The zero-order valence-corrected chi connectivity index (χ0v) is 12.5. The summed E-state index contributed by atoms with van der Waals surface area (Å²) in [6.45, 7) is 4.75. The molecule has 1 fully saturated rings. The van der Waals surface area contributed by atoms with Crippen LogP contribution < -0.4 is 11.1 Å². The standard InChI is InChI=1S/C14H20N4OS/c1-2-10-6-11-12(17-14(15)18-13(11)20-10)16-7-9-4-3-5-19-8-9/h6,9H,2-5,7-8H2,1H3,(H3,15,16,17,18). The fraction of sp³-hybridized carbons (Fsp3) is 0.571. The van der Waals surface area contributed by atoms with Gasteiger partial charge in [0.1, 0.15) is 10.6 Å². The van der Waals surface area contributed by atoms with E-state index in [2.05, 4.69) is 28.3 Å². The number of nitrogens with one attached hydrogen (secondary N) is 1. The number of nitrogens with two attached hydrogens (primary N) is 1. The minimum atomic E-state index is 0.337. The van der Waals surface area contributed by atoms with Gasteiger partial charge in [-0.2, -0.15) is 4.98 Å². The Kier molecular flexibility index (Phi) is 4.03. The van der Waals surface area contributed by atoms with Crippen molar-refractivity contribution >= 4 is 33.3 Å². The van der Waals surface area contributed by atoms with Gasteiger partial charge in [-0.15, -0.1) is 11.3 Å². The van der Waals surface area contributed by atoms with E-state index in [1.807, 2.05) is 0 Å². The van der Waals surface area contributed by atoms with Crippen molar-refractivity contribution in [1.29, 1.82) is 0 Å². The maximum Gasteiger partial charge on any atom is 0.223 e. The maximum atomic E-state index is 5.80. The molecule has 3 rings (SSSR count). The van der Waals surface area contributed by atoms with Crippen molar-refractivity contribution in [3.05, 3.63) is 10.9 Å². The van der Waals surface area contributed by atoms with Gasteiger partial charge in [0.2, 0.25) is 5.95 Å². The Morgan fingerprint density at radius 2 is 2.40 bits per heavy atom. The van der Waals surface area contributed by atoms with Gasteiger partial charge in [0, 0.05) is 18.0 Å². The number of ether oxygens (including phenoxy) is 1. The van der Waals surface area contributed by atoms with E-state index in [1.54, 1.807) is 11.3 Å². The summed E-state index contributed by atoms with van der Waals surface area (Å²) in [7, 11) is 0. The van der Waals surface area contributed by atoms with Gasteiger partial charge in [-0.25, -0.2) is 4.98 Å². The van der Waals surface area contributed by atoms with Crippen LogP contribution in [0.5, 0.6) is 0 Å². The van der Waals surface area contributed by atoms with Crippen LogP contribution in [0.3, 0.4) is 0 Å². The third-order valence-electron chi connectivity index (χ3n) is 3.62. The molecule has 0 aliphatic carbocycles. The van der Waals surface area contributed by atoms with Crippen LogP contribution in [0.4, 0.5) is 11.8 Å². The molecule has 0 aromatic carbocycles. The number of nitrogen functional groups attached to an aromatic ring is 1. The van der Waals surface area contributed by atoms with Crippen LogP contribution in [-0.4, -0.2) is 29.7 Å². The molecule has 2 aromatic heterocycles. The number of nitrogens with zero attached hydrogens (tertiary/aromatic N) is 2. The molecule has 1 atom stereocenters. The fourth-order valence-electron chi connectivity index (χ4n) is 2.51. The minimum Gasteiger partial charge on any atom is -0.381 e. The lowest BCUT2D eigenvalue weighted by Gasteiger charge is -2.22. The van der Waals surface area contributed by atoms with Crippen LogP contribution in [-0.2, 0) is 11.2 Å². The number of hydrogen-bond donors (Lipinski definition) is 2. The highest BCUT2D eigenvalue weighted by Crippen LogP contribution is 2.30. The Bertz CT molecular complexity index is 592. The summed E-state index contributed by atoms with van der Waals surface area (Å²) >= 11 is 1.69. The second kappa shape index (κ2) is 5.93. The van der Waals surface area contributed by atoms with Crippen LogP contribution in [0, 0.1) is 5.92 Å². The van der Waals surface area contributed by atoms with Gasteiger partial charge < -0.3 is 15.8 Å². The van der Waals surface area contributed by atoms with E-state index < -0.39 is 0 Å². The Morgan fingerprint density at radius 3 is 3.15 bits per heavy atom. The molecule has 0 amide bonds. The number of anilines is 2. The van der Waals surface area contributed by atoms with Crippen LogP contribution >= 0.6 is 11.3 Å². The van der Waals surface area contributed by atoms with Crippen LogP contribution in [0.15, 0.2) is 6.07 Å². The lowest BCUT2D eigenvalue weighted by atomic mass is 10.0. The van der Waals surface area contributed by atoms with Crippen LogP contribution in [0.2, 0.25) is 0 Å². The summed E-state index contributed by atoms with van der Waals surface area (Å²) in [6, 6.07) is 2.17. The second-order valence-electron chi connectivity index (χ2n) is 5.18. The molecule has 1 saturated heterocycles. The van der Waals surface area contributed by atoms with E-state index >= 15 is 0 Å². The Labute approximate surface area is 122 Å². The molecule has 3 heterocycles. The largest absolute Gasteiger partial charge is 0.381 e. The summed E-state index contributed by atoms with van der Waals surface area (Å²) in [5, 5.41) is 4.51. The smallest absolute Gasteiger partial charge is 0.223 e. The third-order valence-corrected chi connectivity index (χ3v) is 4.80. The maximum absolute atomic E-state index is 5.80. The number of rotatable bonds is 4. The molecule has 1 aliphatic rings. The molecule has 2 aromatic rings. The average Bonchev–Trinajstić information content (AvgIpc) is 2.88. The highest BCUT2D eigenvalue weighted by molar-refractivity contribution is 7.18. The Balaban J connectivity index is 1.80. The number of fused-ring (bicyclic) bond motifs is 1. The second-order valence-corrected chi connectivity index (χ2v) is 6.29. The molecule has 1 aliphatic heterocycles. The Morgan fingerprint density at radius 1 is 1.50 bits per heavy atom. The molecule has 0 radical (unpaired) electrons. The number of aryl methyl sites for hydroxylation is 1. The van der Waals surface area contributed by atoms with Crippen molar-refractivity contribution in [1.82, 2.24) is 9.97 Å². The van der Waals surface area contributed by atoms with Crippen LogP contribution in [0.1, 0.15) is 24.6 Å². The highest BCUT2D eigenvalue weighted by Gasteiger charge is 2.15. The van der Waals surface area contributed by atoms with Gasteiger partial charge in [-0.05, 0) is 31.2 Å². The average molecular weight is 292 g/mol. The van der Waals surface area contributed by atoms with Gasteiger partial charge in [-0.3, -0.25) is 0 Å². The first kappa shape index (κ1) is 13.6. The van der Waals surface area contributed by atoms with Crippen molar-refractivity contribution in [3.63, 3.8) is 0 Å². The number of aromatic nitrogens is 2. The molecule has 5 nitrogen and oxygen atoms in total. The fourth-order valence-corrected chi connectivity index (χ4v) is 3.48. The molecule has 0 bridgehead atoms. The first-order chi connectivity index (χ1) is 9.76. The topological polar surface area (TPSA) is 73.1 Å². The number of thiophene rings is 1. The summed E-state index contributed by atoms with van der Waals surface area (Å²) < 4.78 is 5.51. The summed E-state index contributed by atoms with van der Waals surface area (Å²) in [6.07, 6.45) is 3.36. The van der Waals surface area contributed by atoms with Crippen molar-refractivity contribution in [2.75, 3.05) is 30.8 Å². The predicted molar refractivity (Wildman–Crippen MR) is 83.2 cm³/mol. The first-order valence-corrected chi connectivity index (χ1v) is 7.95. The Hall–Kier alpha value is -1.40. The number of hydrogen-bond acceptors (Lipinski definition) is 6. The molecule has 0 spiro atoms. The van der Waals surface area contributed by atoms with E-state index in [1.165, 1.54) is 11.3 Å². The van der Waals surface area contributed by atoms with Gasteiger partial charge in [0.25, 0.3) is 0 Å². The van der Waals surface area contributed by atoms with E-state index in [0.717, 1.165) is 48.6 Å². The first-order valence-electron chi connectivity index (χ1n) is 7.14. The van der Waals surface area contributed by atoms with E-state index in [9.17, 15) is 0 Å². The van der Waals surface area contributed by atoms with E-state index in [0.29, 0.717) is 11.9 Å². The summed E-state index contributed by atoms with van der Waals surface area (Å²) in [5.41, 5.74) is 5.80. The highest BCUT2D eigenvalue weighted by atomic mass is 32.1. The monoisotopic (exact) mass is 292 g/mol. The van der Waals surface area contributed by atoms with E-state index in [4.69, 9.17) is 10.5 Å². The van der Waals surface area contributed by atoms with Crippen molar-refractivity contribution in [2.45, 2.75) is 26.2 Å². The quantitative estimate of drug-likeness (QED) is 0.906. The van der Waals surface area contributed by atoms with Crippen molar-refractivity contribution < 1.29 is 4.74 Å². The molecule has 108 valence electrons. The molecule has 1 unspecified atom stereocenters. The SMILES string of the molecule is CCc1cc2c(NCC3CCCOC3)nc(N)nc2s1. The van der Waals surface area contributed by atoms with Gasteiger partial charge in [-0.1, -0.05) is 6.92 Å². The van der Waals surface area contributed by atoms with E-state index in [-0.39, 0.29) is 0 Å². The lowest BCUT2D eigenvalue weighted by Crippen LogP contribution is -2.24. The van der Waals surface area contributed by atoms with Gasteiger partial charge in [0.05, 0.1) is 12.0 Å². The third kappa shape index (κ3) is 2.86. The normalized spacial score (nSPS) is 19.4. The molecular weight excluding hydrogens is 272 g/mol. The predicted octanol–water partition coefficient (Wildman–Crippen LogP) is 2.67. The van der Waals surface area contributed by atoms with Gasteiger partial charge >= 0.3 is 0 Å². The molecule has 20 heavy (non-hydrogen) atoms. The zero-order valence-electron chi connectivity index (χ0n) is 11.7. The minimum absolute atomic E-state index is 0.337.